The van der Waals surface area contributed by atoms with Gasteiger partial charge in [0.1, 0.15) is 18.0 Å². The first-order chi connectivity index (χ1) is 13.6. The maximum Gasteiger partial charge on any atom is 0.244 e. The third-order valence-corrected chi connectivity index (χ3v) is 3.98. The Morgan fingerprint density at radius 2 is 1.61 bits per heavy atom. The molecule has 0 aliphatic rings. The molecule has 28 heavy (non-hydrogen) atoms. The van der Waals surface area contributed by atoms with Gasteiger partial charge in [-0.05, 0) is 48.5 Å². The molecule has 1 heterocycles. The van der Waals surface area contributed by atoms with Crippen LogP contribution in [0, 0.1) is 0 Å². The maximum atomic E-state index is 12.3. The Kier molecular flexibility index (Phi) is 6.36. The molecule has 0 spiro atoms. The van der Waals surface area contributed by atoms with E-state index in [9.17, 15) is 9.59 Å². The van der Waals surface area contributed by atoms with Gasteiger partial charge in [0.25, 0.3) is 0 Å². The van der Waals surface area contributed by atoms with Gasteiger partial charge < -0.3 is 15.0 Å². The lowest BCUT2D eigenvalue weighted by Crippen LogP contribution is -2.36. The van der Waals surface area contributed by atoms with Crippen molar-refractivity contribution >= 4 is 17.5 Å². The van der Waals surface area contributed by atoms with Gasteiger partial charge in [0.2, 0.25) is 11.8 Å². The third-order valence-electron chi connectivity index (χ3n) is 3.98. The first kappa shape index (κ1) is 19.1. The number of carbonyl (C=O) groups excluding carboxylic acids is 2. The summed E-state index contributed by atoms with van der Waals surface area (Å²) < 4.78 is 5.73. The van der Waals surface area contributed by atoms with Gasteiger partial charge >= 0.3 is 0 Å². The molecule has 2 aromatic carbocycles. The smallest absolute Gasteiger partial charge is 0.244 e. The Labute approximate surface area is 163 Å². The Balaban J connectivity index is 1.56. The van der Waals surface area contributed by atoms with Crippen LogP contribution in [-0.4, -0.2) is 28.2 Å². The van der Waals surface area contributed by atoms with Crippen molar-refractivity contribution in [3.8, 4) is 11.5 Å². The van der Waals surface area contributed by atoms with E-state index in [1.807, 2.05) is 42.5 Å². The summed E-state index contributed by atoms with van der Waals surface area (Å²) in [7, 11) is 0. The third kappa shape index (κ3) is 5.67. The number of benzene rings is 2. The van der Waals surface area contributed by atoms with Gasteiger partial charge in [-0.25, -0.2) is 0 Å². The molecule has 0 saturated carbocycles. The van der Waals surface area contributed by atoms with Crippen LogP contribution in [0.15, 0.2) is 79.0 Å². The predicted octanol–water partition coefficient (Wildman–Crippen LogP) is 3.86. The molecule has 6 heteroatoms. The molecular formula is C22H21N3O3. The molecule has 3 rings (SSSR count). The molecule has 0 atom stereocenters. The SMILES string of the molecule is CC(=O)N(CC(=O)Nc1ccc(Oc2ccccc2)cc1)Cc1ccccn1. The first-order valence-electron chi connectivity index (χ1n) is 8.88. The second-order valence-corrected chi connectivity index (χ2v) is 6.18. The zero-order valence-electron chi connectivity index (χ0n) is 15.5. The molecule has 0 bridgehead atoms. The van der Waals surface area contributed by atoms with E-state index in [2.05, 4.69) is 10.3 Å². The van der Waals surface area contributed by atoms with Crippen LogP contribution in [-0.2, 0) is 16.1 Å². The number of aromatic nitrogens is 1. The van der Waals surface area contributed by atoms with Gasteiger partial charge in [-0.3, -0.25) is 14.6 Å². The largest absolute Gasteiger partial charge is 0.457 e. The zero-order chi connectivity index (χ0) is 19.8. The van der Waals surface area contributed by atoms with Crippen LogP contribution in [0.5, 0.6) is 11.5 Å². The zero-order valence-corrected chi connectivity index (χ0v) is 15.5. The highest BCUT2D eigenvalue weighted by Crippen LogP contribution is 2.22. The summed E-state index contributed by atoms with van der Waals surface area (Å²) in [4.78, 5) is 29.8. The number of rotatable bonds is 7. The number of hydrogen-bond donors (Lipinski definition) is 1. The Hall–Kier alpha value is -3.67. The van der Waals surface area contributed by atoms with Crippen LogP contribution in [0.4, 0.5) is 5.69 Å². The number of amides is 2. The van der Waals surface area contributed by atoms with Crippen LogP contribution in [0.2, 0.25) is 0 Å². The average Bonchev–Trinajstić information content (AvgIpc) is 2.70. The molecular weight excluding hydrogens is 354 g/mol. The second-order valence-electron chi connectivity index (χ2n) is 6.18. The first-order valence-corrected chi connectivity index (χ1v) is 8.88. The summed E-state index contributed by atoms with van der Waals surface area (Å²) in [5.74, 6) is 0.950. The molecule has 1 aromatic heterocycles. The molecule has 0 fully saturated rings. The molecule has 0 aliphatic heterocycles. The quantitative estimate of drug-likeness (QED) is 0.681. The van der Waals surface area contributed by atoms with Crippen molar-refractivity contribution in [1.29, 1.82) is 0 Å². The van der Waals surface area contributed by atoms with Gasteiger partial charge in [-0.2, -0.15) is 0 Å². The standard InChI is InChI=1S/C22H21N3O3/c1-17(26)25(15-19-7-5-6-14-23-19)16-22(27)24-18-10-12-21(13-11-18)28-20-8-3-2-4-9-20/h2-14H,15-16H2,1H3,(H,24,27). The van der Waals surface area contributed by atoms with Gasteiger partial charge in [-0.1, -0.05) is 24.3 Å². The highest BCUT2D eigenvalue weighted by Gasteiger charge is 2.15. The van der Waals surface area contributed by atoms with E-state index in [1.54, 1.807) is 36.5 Å². The molecule has 142 valence electrons. The topological polar surface area (TPSA) is 71.5 Å². The summed E-state index contributed by atoms with van der Waals surface area (Å²) in [6.45, 7) is 1.67. The molecule has 0 unspecified atom stereocenters. The second kappa shape index (κ2) is 9.32. The van der Waals surface area contributed by atoms with Crippen LogP contribution in [0.3, 0.4) is 0 Å². The molecule has 0 radical (unpaired) electrons. The van der Waals surface area contributed by atoms with Gasteiger partial charge in [-0.15, -0.1) is 0 Å². The average molecular weight is 375 g/mol. The minimum Gasteiger partial charge on any atom is -0.457 e. The van der Waals surface area contributed by atoms with E-state index in [-0.39, 0.29) is 24.9 Å². The van der Waals surface area contributed by atoms with Crippen LogP contribution >= 0.6 is 0 Å². The predicted molar refractivity (Wildman–Crippen MR) is 107 cm³/mol. The van der Waals surface area contributed by atoms with Gasteiger partial charge in [0, 0.05) is 18.8 Å². The van der Waals surface area contributed by atoms with Crippen molar-refractivity contribution in [3.05, 3.63) is 84.7 Å². The van der Waals surface area contributed by atoms with E-state index in [0.29, 0.717) is 11.4 Å². The fourth-order valence-electron chi connectivity index (χ4n) is 2.57. The number of nitrogens with one attached hydrogen (secondary N) is 1. The lowest BCUT2D eigenvalue weighted by Gasteiger charge is -2.20. The van der Waals surface area contributed by atoms with Crippen LogP contribution in [0.1, 0.15) is 12.6 Å². The summed E-state index contributed by atoms with van der Waals surface area (Å²) in [6, 6.07) is 22.0. The molecule has 3 aromatic rings. The normalized spacial score (nSPS) is 10.2. The van der Waals surface area contributed by atoms with Crippen molar-refractivity contribution in [2.45, 2.75) is 13.5 Å². The van der Waals surface area contributed by atoms with E-state index in [0.717, 1.165) is 11.4 Å². The Morgan fingerprint density at radius 3 is 2.25 bits per heavy atom. The highest BCUT2D eigenvalue weighted by atomic mass is 16.5. The summed E-state index contributed by atoms with van der Waals surface area (Å²) in [6.07, 6.45) is 1.66. The lowest BCUT2D eigenvalue weighted by molar-refractivity contribution is -0.133. The fraction of sp³-hybridized carbons (Fsp3) is 0.136. The number of pyridine rings is 1. The number of carbonyl (C=O) groups is 2. The molecule has 2 amide bonds. The van der Waals surface area contributed by atoms with E-state index in [4.69, 9.17) is 4.74 Å². The van der Waals surface area contributed by atoms with E-state index in [1.165, 1.54) is 11.8 Å². The van der Waals surface area contributed by atoms with Crippen molar-refractivity contribution < 1.29 is 14.3 Å². The monoisotopic (exact) mass is 375 g/mol. The number of ether oxygens (including phenoxy) is 1. The van der Waals surface area contributed by atoms with Crippen molar-refractivity contribution in [1.82, 2.24) is 9.88 Å². The van der Waals surface area contributed by atoms with Gasteiger partial charge in [0.15, 0.2) is 0 Å². The Bertz CT molecular complexity index is 913. The summed E-state index contributed by atoms with van der Waals surface area (Å²) in [5, 5.41) is 2.80. The molecule has 0 aliphatic carbocycles. The maximum absolute atomic E-state index is 12.3. The van der Waals surface area contributed by atoms with Crippen LogP contribution < -0.4 is 10.1 Å². The summed E-state index contributed by atoms with van der Waals surface area (Å²) >= 11 is 0. The number of anilines is 1. The van der Waals surface area contributed by atoms with Crippen molar-refractivity contribution in [2.75, 3.05) is 11.9 Å². The molecule has 0 saturated heterocycles. The summed E-state index contributed by atoms with van der Waals surface area (Å²) in [5.41, 5.74) is 1.36. The van der Waals surface area contributed by atoms with E-state index >= 15 is 0 Å². The Morgan fingerprint density at radius 1 is 0.929 bits per heavy atom. The van der Waals surface area contributed by atoms with Gasteiger partial charge in [0.05, 0.1) is 12.2 Å². The fourth-order valence-corrected chi connectivity index (χ4v) is 2.57. The highest BCUT2D eigenvalue weighted by molar-refractivity contribution is 5.94. The van der Waals surface area contributed by atoms with E-state index < -0.39 is 0 Å². The number of para-hydroxylation sites is 1. The number of hydrogen-bond acceptors (Lipinski definition) is 4. The lowest BCUT2D eigenvalue weighted by atomic mass is 10.3. The van der Waals surface area contributed by atoms with Crippen molar-refractivity contribution in [2.24, 2.45) is 0 Å². The minimum absolute atomic E-state index is 0.0474. The minimum atomic E-state index is -0.275. The van der Waals surface area contributed by atoms with Crippen LogP contribution in [0.25, 0.3) is 0 Å². The number of nitrogens with zero attached hydrogens (tertiary/aromatic N) is 2. The molecule has 1 N–H and O–H groups in total. The molecule has 6 nitrogen and oxygen atoms in total. The van der Waals surface area contributed by atoms with Crippen molar-refractivity contribution in [3.63, 3.8) is 0 Å².